The molecule has 0 bridgehead atoms. The van der Waals surface area contributed by atoms with E-state index in [-0.39, 0.29) is 0 Å². The van der Waals surface area contributed by atoms with Gasteiger partial charge in [-0.15, -0.1) is 6.34 Å². The maximum Gasteiger partial charge on any atom is 0.0479 e. The molecule has 1 aliphatic rings. The number of rotatable bonds is 0. The van der Waals surface area contributed by atoms with Crippen LogP contribution in [0.25, 0.3) is 11.0 Å². The highest BCUT2D eigenvalue weighted by molar-refractivity contribution is 5.69. The van der Waals surface area contributed by atoms with Crippen LogP contribution in [0.4, 0.5) is 0 Å². The van der Waals surface area contributed by atoms with E-state index in [9.17, 15) is 0 Å². The van der Waals surface area contributed by atoms with E-state index in [1.807, 2.05) is 0 Å². The van der Waals surface area contributed by atoms with Crippen molar-refractivity contribution >= 4 is 13.1 Å². The van der Waals surface area contributed by atoms with Crippen molar-refractivity contribution < 1.29 is 4.79 Å². The largest absolute Gasteiger partial charge is 0.554 e. The summed E-state index contributed by atoms with van der Waals surface area (Å²) in [6.07, 6.45) is 1.33. The Morgan fingerprint density at radius 1 is 1.83 bits per heavy atom. The molecule has 0 fully saturated rings. The third-order valence-electron chi connectivity index (χ3n) is 0.391. The molecule has 1 heterocycles. The van der Waals surface area contributed by atoms with E-state index >= 15 is 0 Å². The van der Waals surface area contributed by atoms with Crippen LogP contribution in [0.15, 0.2) is 5.10 Å². The van der Waals surface area contributed by atoms with Gasteiger partial charge >= 0.3 is 0 Å². The van der Waals surface area contributed by atoms with E-state index in [4.69, 9.17) is 0 Å². The van der Waals surface area contributed by atoms with Gasteiger partial charge < -0.3 is 20.9 Å². The van der Waals surface area contributed by atoms with Gasteiger partial charge in [0, 0.05) is 6.72 Å². The molecule has 32 valence electrons. The highest BCUT2D eigenvalue weighted by Gasteiger charge is 1.64. The lowest BCUT2D eigenvalue weighted by Crippen LogP contribution is -1.83. The minimum absolute atomic E-state index is 1.14. The quantitative estimate of drug-likeness (QED) is 0.376. The molecule has 0 saturated carbocycles. The summed E-state index contributed by atoms with van der Waals surface area (Å²) in [5.41, 5.74) is 6.86. The second-order valence-electron chi connectivity index (χ2n) is 0.808. The monoisotopic (exact) mass is 83.0 g/mol. The average molecular weight is 83.1 g/mol. The second kappa shape index (κ2) is 0.965. The molecule has 0 atom stereocenters. The van der Waals surface area contributed by atoms with Crippen molar-refractivity contribution in [1.29, 1.82) is 0 Å². The normalized spacial score (nSPS) is 17.0. The van der Waals surface area contributed by atoms with E-state index in [0.717, 1.165) is 4.79 Å². The van der Waals surface area contributed by atoms with Gasteiger partial charge in [-0.3, -0.25) is 0 Å². The van der Waals surface area contributed by atoms with Crippen LogP contribution in [0.3, 0.4) is 0 Å². The van der Waals surface area contributed by atoms with Gasteiger partial charge in [-0.25, -0.2) is 0 Å². The van der Waals surface area contributed by atoms with Gasteiger partial charge in [0.05, 0.1) is 0 Å². The topological polar surface area (TPSA) is 43.6 Å². The summed E-state index contributed by atoms with van der Waals surface area (Å²) in [5.74, 6) is 0. The molecule has 4 nitrogen and oxygen atoms in total. The Balaban J connectivity index is 2.52. The van der Waals surface area contributed by atoms with Gasteiger partial charge in [0.15, 0.2) is 0 Å². The molecule has 1 aliphatic heterocycles. The molecule has 0 aliphatic carbocycles. The zero-order valence-corrected chi connectivity index (χ0v) is 3.07. The van der Waals surface area contributed by atoms with E-state index in [1.54, 1.807) is 0 Å². The van der Waals surface area contributed by atoms with Crippen LogP contribution in [0, 0.1) is 0 Å². The Labute approximate surface area is 35.1 Å². The molecule has 0 amide bonds. The Hall–Kier alpha value is -1.06. The van der Waals surface area contributed by atoms with Crippen molar-refractivity contribution in [2.45, 2.75) is 0 Å². The van der Waals surface area contributed by atoms with Crippen LogP contribution < -0.4 is 0 Å². The van der Waals surface area contributed by atoms with Crippen LogP contribution in [0.1, 0.15) is 0 Å². The Morgan fingerprint density at radius 2 is 2.67 bits per heavy atom. The van der Waals surface area contributed by atoms with Gasteiger partial charge in [-0.2, -0.15) is 0 Å². The number of hydrogen-bond acceptors (Lipinski definition) is 1. The Kier molecular flexibility index (Phi) is 0.506. The zero-order valence-electron chi connectivity index (χ0n) is 3.07. The zero-order chi connectivity index (χ0) is 4.41. The first kappa shape index (κ1) is 3.14. The Bertz CT molecular complexity index is 83.7. The molecule has 0 aromatic rings. The van der Waals surface area contributed by atoms with E-state index in [2.05, 4.69) is 22.8 Å². The van der Waals surface area contributed by atoms with E-state index < -0.39 is 0 Å². The summed E-state index contributed by atoms with van der Waals surface area (Å²) in [6.45, 7) is 3.31. The summed E-state index contributed by atoms with van der Waals surface area (Å²) in [4.78, 5) is 1.14. The average Bonchev–Trinajstić information content (AvgIpc) is 1.86. The van der Waals surface area contributed by atoms with Gasteiger partial charge in [0.25, 0.3) is 0 Å². The van der Waals surface area contributed by atoms with Crippen LogP contribution >= 0.6 is 0 Å². The maximum atomic E-state index is 3.50. The third-order valence-corrected chi connectivity index (χ3v) is 0.391. The molecule has 0 N–H and O–H groups in total. The molecule has 0 spiro atoms. The van der Waals surface area contributed by atoms with Crippen molar-refractivity contribution in [3.05, 3.63) is 11.0 Å². The van der Waals surface area contributed by atoms with Crippen molar-refractivity contribution in [3.63, 3.8) is 0 Å². The summed E-state index contributed by atoms with van der Waals surface area (Å²) in [5, 5.41) is 3.36. The fourth-order valence-corrected chi connectivity index (χ4v) is 0.188. The molecule has 0 aromatic carbocycles. The minimum Gasteiger partial charge on any atom is -0.554 e. The van der Waals surface area contributed by atoms with Crippen LogP contribution in [0.2, 0.25) is 0 Å². The van der Waals surface area contributed by atoms with Crippen molar-refractivity contribution in [3.8, 4) is 0 Å². The summed E-state index contributed by atoms with van der Waals surface area (Å²) < 4.78 is 0. The molecule has 0 radical (unpaired) electrons. The molecule has 0 unspecified atom stereocenters. The number of nitrogens with zero attached hydrogens (tertiary/aromatic N) is 4. The highest BCUT2D eigenvalue weighted by Crippen LogP contribution is 2.00. The lowest BCUT2D eigenvalue weighted by atomic mass is 11.4. The highest BCUT2D eigenvalue weighted by atomic mass is 15.8. The minimum atomic E-state index is 1.14. The van der Waals surface area contributed by atoms with Crippen LogP contribution in [-0.2, 0) is 0 Å². The molecule has 4 heteroatoms. The molecule has 6 heavy (non-hydrogen) atoms. The van der Waals surface area contributed by atoms with E-state index in [1.165, 1.54) is 6.34 Å². The van der Waals surface area contributed by atoms with E-state index in [0.29, 0.717) is 0 Å². The van der Waals surface area contributed by atoms with Crippen LogP contribution in [-0.4, -0.2) is 17.8 Å². The van der Waals surface area contributed by atoms with Gasteiger partial charge in [-0.1, -0.05) is 0 Å². The standard InChI is InChI=1S/C2H3N4/c1-6-4-2-3-5-6/h2H,1H2/q-1. The van der Waals surface area contributed by atoms with Crippen molar-refractivity contribution in [2.75, 3.05) is 0 Å². The first-order valence-corrected chi connectivity index (χ1v) is 1.43. The Morgan fingerprint density at radius 3 is 2.83 bits per heavy atom. The number of hydrogen-bond donors (Lipinski definition) is 0. The fourth-order valence-electron chi connectivity index (χ4n) is 0.188. The molecule has 0 saturated heterocycles. The molecular formula is C2H3N4-. The van der Waals surface area contributed by atoms with Gasteiger partial charge in [-0.05, 0) is 0 Å². The fraction of sp³-hybridized carbons (Fsp3) is 0. The smallest absolute Gasteiger partial charge is 0.0479 e. The lowest BCUT2D eigenvalue weighted by molar-refractivity contribution is -0.399. The first-order valence-electron chi connectivity index (χ1n) is 1.43. The summed E-state index contributed by atoms with van der Waals surface area (Å²) in [7, 11) is 0. The predicted molar refractivity (Wildman–Crippen MR) is 22.6 cm³/mol. The molecule has 0 aromatic heterocycles. The summed E-state index contributed by atoms with van der Waals surface area (Å²) >= 11 is 0. The van der Waals surface area contributed by atoms with Crippen molar-refractivity contribution in [1.82, 2.24) is 0 Å². The van der Waals surface area contributed by atoms with Gasteiger partial charge in [0.2, 0.25) is 0 Å². The maximum absolute atomic E-state index is 3.50. The predicted octanol–water partition coefficient (Wildman–Crippen LogP) is 0.234. The first-order chi connectivity index (χ1) is 2.89. The summed E-state index contributed by atoms with van der Waals surface area (Å²) in [6, 6.07) is 0. The lowest BCUT2D eigenvalue weighted by Gasteiger charge is -2.10. The third kappa shape index (κ3) is 0.314. The SMILES string of the molecule is C=[N+]1[N-]C=N[N-]1. The second-order valence-corrected chi connectivity index (χ2v) is 0.808. The van der Waals surface area contributed by atoms with Crippen LogP contribution in [0.5, 0.6) is 0 Å². The molecule has 1 rings (SSSR count). The molecular weight excluding hydrogens is 80.1 g/mol. The van der Waals surface area contributed by atoms with Gasteiger partial charge in [0.1, 0.15) is 0 Å². The van der Waals surface area contributed by atoms with Crippen molar-refractivity contribution in [2.24, 2.45) is 5.10 Å².